The molecule has 112 valence electrons. The number of anilines is 2. The molecule has 1 N–H and O–H groups in total. The fourth-order valence-electron chi connectivity index (χ4n) is 1.80. The predicted molar refractivity (Wildman–Crippen MR) is 84.2 cm³/mol. The third-order valence-electron chi connectivity index (χ3n) is 2.86. The first-order valence-electron chi connectivity index (χ1n) is 6.61. The van der Waals surface area contributed by atoms with Crippen molar-refractivity contribution >= 4 is 28.1 Å². The summed E-state index contributed by atoms with van der Waals surface area (Å²) in [6.07, 6.45) is 0. The molecule has 1 aromatic heterocycles. The molecule has 21 heavy (non-hydrogen) atoms. The molecular formula is C14H18N4O2S. The molecule has 0 bridgehead atoms. The summed E-state index contributed by atoms with van der Waals surface area (Å²) in [6.45, 7) is 4.81. The summed E-state index contributed by atoms with van der Waals surface area (Å²) in [7, 11) is 1.59. The van der Waals surface area contributed by atoms with Gasteiger partial charge in [0.05, 0.1) is 13.7 Å². The Morgan fingerprint density at radius 2 is 2.24 bits per heavy atom. The molecule has 7 heteroatoms. The average Bonchev–Trinajstić information content (AvgIpc) is 2.91. The fourth-order valence-corrected chi connectivity index (χ4v) is 2.55. The second-order valence-electron chi connectivity index (χ2n) is 4.40. The molecule has 6 nitrogen and oxygen atoms in total. The monoisotopic (exact) mass is 306 g/mol. The topological polar surface area (TPSA) is 67.4 Å². The second kappa shape index (κ2) is 7.03. The van der Waals surface area contributed by atoms with Gasteiger partial charge in [0.15, 0.2) is 0 Å². The number of amides is 1. The zero-order valence-corrected chi connectivity index (χ0v) is 13.1. The van der Waals surface area contributed by atoms with Crippen molar-refractivity contribution in [2.24, 2.45) is 0 Å². The van der Waals surface area contributed by atoms with E-state index in [-0.39, 0.29) is 12.5 Å². The zero-order valence-electron chi connectivity index (χ0n) is 12.3. The Kier molecular flexibility index (Phi) is 5.10. The first-order chi connectivity index (χ1) is 10.1. The number of rotatable bonds is 6. The summed E-state index contributed by atoms with van der Waals surface area (Å²) in [5.41, 5.74) is 0.712. The van der Waals surface area contributed by atoms with Crippen LogP contribution in [0.3, 0.4) is 0 Å². The van der Waals surface area contributed by atoms with Gasteiger partial charge in [-0.2, -0.15) is 0 Å². The molecule has 0 aliphatic heterocycles. The van der Waals surface area contributed by atoms with E-state index in [1.807, 2.05) is 36.9 Å². The van der Waals surface area contributed by atoms with E-state index in [0.29, 0.717) is 18.0 Å². The van der Waals surface area contributed by atoms with Crippen molar-refractivity contribution in [3.63, 3.8) is 0 Å². The maximum atomic E-state index is 12.1. The number of nitrogens with one attached hydrogen (secondary N) is 1. The minimum atomic E-state index is -0.0991. The molecule has 0 saturated carbocycles. The van der Waals surface area contributed by atoms with E-state index in [1.54, 1.807) is 13.2 Å². The lowest BCUT2D eigenvalue weighted by atomic mass is 10.3. The summed E-state index contributed by atoms with van der Waals surface area (Å²) in [4.78, 5) is 14.0. The number of methoxy groups -OCH3 is 1. The standard InChI is InChI=1S/C14H18N4O2S/c1-4-18(14-17-16-10(2)21-14)9-13(19)15-11-6-5-7-12(8-11)20-3/h5-8H,4,9H2,1-3H3,(H,15,19). The molecule has 0 fully saturated rings. The van der Waals surface area contributed by atoms with Crippen LogP contribution in [-0.4, -0.2) is 36.3 Å². The molecule has 1 heterocycles. The van der Waals surface area contributed by atoms with Gasteiger partial charge in [-0.25, -0.2) is 0 Å². The molecule has 2 aromatic rings. The van der Waals surface area contributed by atoms with Crippen molar-refractivity contribution < 1.29 is 9.53 Å². The third kappa shape index (κ3) is 4.16. The maximum absolute atomic E-state index is 12.1. The number of ether oxygens (including phenoxy) is 1. The zero-order chi connectivity index (χ0) is 15.2. The maximum Gasteiger partial charge on any atom is 0.243 e. The van der Waals surface area contributed by atoms with Crippen molar-refractivity contribution in [3.05, 3.63) is 29.3 Å². The Labute approximate surface area is 127 Å². The van der Waals surface area contributed by atoms with Crippen LogP contribution in [0.4, 0.5) is 10.8 Å². The van der Waals surface area contributed by atoms with Gasteiger partial charge in [-0.1, -0.05) is 17.4 Å². The van der Waals surface area contributed by atoms with Gasteiger partial charge in [0, 0.05) is 18.3 Å². The highest BCUT2D eigenvalue weighted by Gasteiger charge is 2.14. The fraction of sp³-hybridized carbons (Fsp3) is 0.357. The quantitative estimate of drug-likeness (QED) is 0.887. The lowest BCUT2D eigenvalue weighted by Crippen LogP contribution is -2.33. The van der Waals surface area contributed by atoms with Crippen molar-refractivity contribution in [2.75, 3.05) is 30.4 Å². The van der Waals surface area contributed by atoms with Crippen LogP contribution < -0.4 is 15.0 Å². The van der Waals surface area contributed by atoms with Crippen LogP contribution in [0.5, 0.6) is 5.75 Å². The average molecular weight is 306 g/mol. The van der Waals surface area contributed by atoms with Crippen LogP contribution in [0.2, 0.25) is 0 Å². The van der Waals surface area contributed by atoms with Gasteiger partial charge in [-0.15, -0.1) is 10.2 Å². The van der Waals surface area contributed by atoms with E-state index in [1.165, 1.54) is 11.3 Å². The lowest BCUT2D eigenvalue weighted by Gasteiger charge is -2.18. The number of aryl methyl sites for hydroxylation is 1. The van der Waals surface area contributed by atoms with Gasteiger partial charge < -0.3 is 15.0 Å². The summed E-state index contributed by atoms with van der Waals surface area (Å²) < 4.78 is 5.13. The summed E-state index contributed by atoms with van der Waals surface area (Å²) in [5, 5.41) is 12.5. The Bertz CT molecular complexity index is 615. The predicted octanol–water partition coefficient (Wildman–Crippen LogP) is 2.32. The number of carbonyl (C=O) groups excluding carboxylic acids is 1. The molecule has 0 radical (unpaired) electrons. The van der Waals surface area contributed by atoms with Gasteiger partial charge in [0.2, 0.25) is 11.0 Å². The first-order valence-corrected chi connectivity index (χ1v) is 7.43. The highest BCUT2D eigenvalue weighted by atomic mass is 32.1. The highest BCUT2D eigenvalue weighted by molar-refractivity contribution is 7.15. The molecule has 0 unspecified atom stereocenters. The van der Waals surface area contributed by atoms with Crippen LogP contribution >= 0.6 is 11.3 Å². The van der Waals surface area contributed by atoms with Crippen LogP contribution in [0.25, 0.3) is 0 Å². The number of benzene rings is 1. The van der Waals surface area contributed by atoms with E-state index in [0.717, 1.165) is 10.1 Å². The molecule has 0 atom stereocenters. The first kappa shape index (κ1) is 15.2. The van der Waals surface area contributed by atoms with Crippen molar-refractivity contribution in [1.82, 2.24) is 10.2 Å². The van der Waals surface area contributed by atoms with E-state index >= 15 is 0 Å². The molecule has 0 spiro atoms. The number of carbonyl (C=O) groups is 1. The normalized spacial score (nSPS) is 10.2. The second-order valence-corrected chi connectivity index (χ2v) is 5.56. The Morgan fingerprint density at radius 1 is 1.43 bits per heavy atom. The molecular weight excluding hydrogens is 288 g/mol. The molecule has 0 aliphatic carbocycles. The Hall–Kier alpha value is -2.15. The SMILES string of the molecule is CCN(CC(=O)Nc1cccc(OC)c1)c1nnc(C)s1. The van der Waals surface area contributed by atoms with Crippen molar-refractivity contribution in [1.29, 1.82) is 0 Å². The molecule has 2 rings (SSSR count). The van der Waals surface area contributed by atoms with Gasteiger partial charge in [0.25, 0.3) is 0 Å². The number of hydrogen-bond acceptors (Lipinski definition) is 6. The molecule has 0 aliphatic rings. The Balaban J connectivity index is 1.99. The number of nitrogens with zero attached hydrogens (tertiary/aromatic N) is 3. The van der Waals surface area contributed by atoms with Crippen LogP contribution in [0, 0.1) is 6.92 Å². The Morgan fingerprint density at radius 3 is 2.86 bits per heavy atom. The van der Waals surface area contributed by atoms with Gasteiger partial charge in [0.1, 0.15) is 10.8 Å². The van der Waals surface area contributed by atoms with E-state index in [9.17, 15) is 4.79 Å². The van der Waals surface area contributed by atoms with Gasteiger partial charge >= 0.3 is 0 Å². The molecule has 1 aromatic carbocycles. The number of hydrogen-bond donors (Lipinski definition) is 1. The number of aromatic nitrogens is 2. The van der Waals surface area contributed by atoms with Crippen LogP contribution in [-0.2, 0) is 4.79 Å². The lowest BCUT2D eigenvalue weighted by molar-refractivity contribution is -0.115. The van der Waals surface area contributed by atoms with Crippen LogP contribution in [0.1, 0.15) is 11.9 Å². The van der Waals surface area contributed by atoms with Crippen molar-refractivity contribution in [3.8, 4) is 5.75 Å². The molecule has 1 amide bonds. The third-order valence-corrected chi connectivity index (χ3v) is 3.76. The summed E-state index contributed by atoms with van der Waals surface area (Å²) in [6, 6.07) is 7.27. The van der Waals surface area contributed by atoms with Gasteiger partial charge in [-0.3, -0.25) is 4.79 Å². The number of likely N-dealkylation sites (N-methyl/N-ethyl adjacent to an activating group) is 1. The minimum Gasteiger partial charge on any atom is -0.497 e. The van der Waals surface area contributed by atoms with E-state index in [2.05, 4.69) is 15.5 Å². The largest absolute Gasteiger partial charge is 0.497 e. The van der Waals surface area contributed by atoms with Gasteiger partial charge in [-0.05, 0) is 26.0 Å². The summed E-state index contributed by atoms with van der Waals surface area (Å²) >= 11 is 1.48. The highest BCUT2D eigenvalue weighted by Crippen LogP contribution is 2.20. The summed E-state index contributed by atoms with van der Waals surface area (Å²) in [5.74, 6) is 0.609. The smallest absolute Gasteiger partial charge is 0.243 e. The van der Waals surface area contributed by atoms with E-state index < -0.39 is 0 Å². The molecule has 0 saturated heterocycles. The van der Waals surface area contributed by atoms with Crippen molar-refractivity contribution in [2.45, 2.75) is 13.8 Å². The van der Waals surface area contributed by atoms with E-state index in [4.69, 9.17) is 4.74 Å². The minimum absolute atomic E-state index is 0.0991. The van der Waals surface area contributed by atoms with Crippen LogP contribution in [0.15, 0.2) is 24.3 Å².